The third-order valence-corrected chi connectivity index (χ3v) is 2.30. The van der Waals surface area contributed by atoms with Crippen molar-refractivity contribution >= 4 is 0 Å². The monoisotopic (exact) mass is 212 g/mol. The fraction of sp³-hybridized carbons (Fsp3) is 1.00. The second kappa shape index (κ2) is 5.59. The molecule has 0 fully saturated rings. The molecule has 0 bridgehead atoms. The second-order valence-electron chi connectivity index (χ2n) is 3.84. The highest BCUT2D eigenvalue weighted by Crippen LogP contribution is 2.31. The smallest absolute Gasteiger partial charge is 0.389 e. The first kappa shape index (κ1) is 13.8. The van der Waals surface area contributed by atoms with Gasteiger partial charge in [0.25, 0.3) is 0 Å². The molecule has 0 rings (SSSR count). The first-order valence-corrected chi connectivity index (χ1v) is 5.12. The summed E-state index contributed by atoms with van der Waals surface area (Å²) in [4.78, 5) is 0. The predicted octanol–water partition coefficient (Wildman–Crippen LogP) is 3.66. The van der Waals surface area contributed by atoms with Crippen LogP contribution in [0.25, 0.3) is 0 Å². The van der Waals surface area contributed by atoms with E-state index >= 15 is 0 Å². The SMILES string of the molecule is CCCC(O)(CCC)CCC(F)(F)F. The average molecular weight is 212 g/mol. The quantitative estimate of drug-likeness (QED) is 0.712. The van der Waals surface area contributed by atoms with Gasteiger partial charge in [-0.15, -0.1) is 0 Å². The minimum atomic E-state index is -4.16. The van der Waals surface area contributed by atoms with Crippen LogP contribution in [0.15, 0.2) is 0 Å². The van der Waals surface area contributed by atoms with Crippen molar-refractivity contribution in [3.05, 3.63) is 0 Å². The molecule has 0 aromatic carbocycles. The van der Waals surface area contributed by atoms with E-state index in [0.29, 0.717) is 25.7 Å². The summed E-state index contributed by atoms with van der Waals surface area (Å²) in [5.41, 5.74) is -1.11. The third-order valence-electron chi connectivity index (χ3n) is 2.30. The molecule has 0 aliphatic heterocycles. The molecule has 86 valence electrons. The molecule has 0 spiro atoms. The standard InChI is InChI=1S/C10H19F3O/c1-3-5-9(14,6-4-2)7-8-10(11,12)13/h14H,3-8H2,1-2H3. The molecule has 0 heterocycles. The van der Waals surface area contributed by atoms with E-state index in [-0.39, 0.29) is 6.42 Å². The van der Waals surface area contributed by atoms with Crippen LogP contribution >= 0.6 is 0 Å². The highest BCUT2D eigenvalue weighted by Gasteiger charge is 2.33. The van der Waals surface area contributed by atoms with Crippen molar-refractivity contribution < 1.29 is 18.3 Å². The maximum atomic E-state index is 12.0. The van der Waals surface area contributed by atoms with Crippen LogP contribution < -0.4 is 0 Å². The predicted molar refractivity (Wildman–Crippen MR) is 50.1 cm³/mol. The summed E-state index contributed by atoms with van der Waals surface area (Å²) in [5, 5.41) is 9.87. The molecular weight excluding hydrogens is 193 g/mol. The van der Waals surface area contributed by atoms with Gasteiger partial charge in [-0.05, 0) is 19.3 Å². The van der Waals surface area contributed by atoms with Crippen LogP contribution in [0, 0.1) is 0 Å². The van der Waals surface area contributed by atoms with Crippen molar-refractivity contribution in [3.8, 4) is 0 Å². The lowest BCUT2D eigenvalue weighted by atomic mass is 9.88. The number of rotatable bonds is 6. The Morgan fingerprint density at radius 1 is 0.857 bits per heavy atom. The first-order valence-electron chi connectivity index (χ1n) is 5.12. The summed E-state index contributed by atoms with van der Waals surface area (Å²) >= 11 is 0. The molecule has 1 N–H and O–H groups in total. The van der Waals surface area contributed by atoms with Gasteiger partial charge >= 0.3 is 6.18 Å². The number of hydrogen-bond acceptors (Lipinski definition) is 1. The fourth-order valence-electron chi connectivity index (χ4n) is 1.68. The first-order chi connectivity index (χ1) is 6.33. The normalized spacial score (nSPS) is 13.3. The zero-order chi connectivity index (χ0) is 11.2. The third kappa shape index (κ3) is 6.24. The van der Waals surface area contributed by atoms with E-state index in [2.05, 4.69) is 0 Å². The Bertz CT molecular complexity index is 148. The Labute approximate surface area is 83.3 Å². The van der Waals surface area contributed by atoms with Gasteiger partial charge in [0, 0.05) is 6.42 Å². The van der Waals surface area contributed by atoms with Crippen LogP contribution in [0.5, 0.6) is 0 Å². The zero-order valence-corrected chi connectivity index (χ0v) is 8.82. The Morgan fingerprint density at radius 3 is 1.57 bits per heavy atom. The summed E-state index contributed by atoms with van der Waals surface area (Å²) in [6.45, 7) is 3.74. The molecule has 0 aromatic rings. The van der Waals surface area contributed by atoms with Crippen molar-refractivity contribution in [1.82, 2.24) is 0 Å². The molecule has 0 saturated heterocycles. The van der Waals surface area contributed by atoms with E-state index in [9.17, 15) is 18.3 Å². The van der Waals surface area contributed by atoms with E-state index < -0.39 is 18.2 Å². The highest BCUT2D eigenvalue weighted by atomic mass is 19.4. The lowest BCUT2D eigenvalue weighted by molar-refractivity contribution is -0.148. The number of aliphatic hydroxyl groups is 1. The van der Waals surface area contributed by atoms with Crippen molar-refractivity contribution in [2.45, 2.75) is 64.1 Å². The van der Waals surface area contributed by atoms with Gasteiger partial charge in [0.2, 0.25) is 0 Å². The van der Waals surface area contributed by atoms with Crippen molar-refractivity contribution in [3.63, 3.8) is 0 Å². The molecule has 0 radical (unpaired) electrons. The average Bonchev–Trinajstić information content (AvgIpc) is 2.01. The Kier molecular flexibility index (Phi) is 5.49. The Hall–Kier alpha value is -0.250. The molecule has 4 heteroatoms. The highest BCUT2D eigenvalue weighted by molar-refractivity contribution is 4.78. The Morgan fingerprint density at radius 2 is 1.29 bits per heavy atom. The van der Waals surface area contributed by atoms with E-state index in [1.165, 1.54) is 0 Å². The van der Waals surface area contributed by atoms with Crippen LogP contribution in [-0.2, 0) is 0 Å². The van der Waals surface area contributed by atoms with Crippen LogP contribution in [-0.4, -0.2) is 16.9 Å². The van der Waals surface area contributed by atoms with Gasteiger partial charge < -0.3 is 5.11 Å². The summed E-state index contributed by atoms with van der Waals surface area (Å²) in [6.07, 6.45) is -2.87. The van der Waals surface area contributed by atoms with Crippen LogP contribution in [0.1, 0.15) is 52.4 Å². The van der Waals surface area contributed by atoms with E-state index in [1.54, 1.807) is 0 Å². The molecule has 0 saturated carbocycles. The van der Waals surface area contributed by atoms with Gasteiger partial charge in [-0.2, -0.15) is 13.2 Å². The van der Waals surface area contributed by atoms with Crippen molar-refractivity contribution in [1.29, 1.82) is 0 Å². The molecular formula is C10H19F3O. The number of halogens is 3. The second-order valence-corrected chi connectivity index (χ2v) is 3.84. The largest absolute Gasteiger partial charge is 0.390 e. The lowest BCUT2D eigenvalue weighted by Crippen LogP contribution is -2.30. The number of alkyl halides is 3. The Balaban J connectivity index is 4.08. The summed E-state index contributed by atoms with van der Waals surface area (Å²) in [5.74, 6) is 0. The molecule has 0 amide bonds. The van der Waals surface area contributed by atoms with Gasteiger partial charge in [0.15, 0.2) is 0 Å². The summed E-state index contributed by atoms with van der Waals surface area (Å²) in [6, 6.07) is 0. The molecule has 1 nitrogen and oxygen atoms in total. The number of hydrogen-bond donors (Lipinski definition) is 1. The van der Waals surface area contributed by atoms with Gasteiger partial charge in [0.1, 0.15) is 0 Å². The van der Waals surface area contributed by atoms with E-state index in [4.69, 9.17) is 0 Å². The van der Waals surface area contributed by atoms with Crippen molar-refractivity contribution in [2.24, 2.45) is 0 Å². The summed E-state index contributed by atoms with van der Waals surface area (Å²) in [7, 11) is 0. The molecule has 0 unspecified atom stereocenters. The maximum absolute atomic E-state index is 12.0. The van der Waals surface area contributed by atoms with Crippen LogP contribution in [0.2, 0.25) is 0 Å². The minimum Gasteiger partial charge on any atom is -0.390 e. The van der Waals surface area contributed by atoms with Gasteiger partial charge in [-0.3, -0.25) is 0 Å². The van der Waals surface area contributed by atoms with Gasteiger partial charge in [-0.1, -0.05) is 26.7 Å². The van der Waals surface area contributed by atoms with Crippen LogP contribution in [0.4, 0.5) is 13.2 Å². The zero-order valence-electron chi connectivity index (χ0n) is 8.82. The van der Waals surface area contributed by atoms with Crippen LogP contribution in [0.3, 0.4) is 0 Å². The molecule has 0 aliphatic carbocycles. The fourth-order valence-corrected chi connectivity index (χ4v) is 1.68. The van der Waals surface area contributed by atoms with E-state index in [1.807, 2.05) is 13.8 Å². The van der Waals surface area contributed by atoms with Gasteiger partial charge in [0.05, 0.1) is 5.60 Å². The molecule has 0 aliphatic rings. The molecule has 0 aromatic heterocycles. The van der Waals surface area contributed by atoms with Gasteiger partial charge in [-0.25, -0.2) is 0 Å². The molecule has 0 atom stereocenters. The minimum absolute atomic E-state index is 0.168. The van der Waals surface area contributed by atoms with E-state index in [0.717, 1.165) is 0 Å². The lowest BCUT2D eigenvalue weighted by Gasteiger charge is -2.27. The maximum Gasteiger partial charge on any atom is 0.389 e. The topological polar surface area (TPSA) is 20.2 Å². The van der Waals surface area contributed by atoms with Crippen molar-refractivity contribution in [2.75, 3.05) is 0 Å². The molecule has 14 heavy (non-hydrogen) atoms. The summed E-state index contributed by atoms with van der Waals surface area (Å²) < 4.78 is 35.9.